The van der Waals surface area contributed by atoms with Crippen molar-refractivity contribution in [2.24, 2.45) is 0 Å². The van der Waals surface area contributed by atoms with Crippen LogP contribution in [0, 0.1) is 0 Å². The number of aliphatic hydroxyl groups is 1. The molecule has 158 valence electrons. The third-order valence-electron chi connectivity index (χ3n) is 3.77. The Morgan fingerprint density at radius 3 is 1.38 bits per heavy atom. The molecule has 1 unspecified atom stereocenters. The summed E-state index contributed by atoms with van der Waals surface area (Å²) >= 11 is 0. The van der Waals surface area contributed by atoms with Crippen molar-refractivity contribution < 1.29 is 57.8 Å². The van der Waals surface area contributed by atoms with Crippen LogP contribution in [0.4, 0.5) is 52.7 Å². The summed E-state index contributed by atoms with van der Waals surface area (Å²) in [5, 5.41) is 8.41. The first-order valence-electron chi connectivity index (χ1n) is 7.19. The van der Waals surface area contributed by atoms with Crippen LogP contribution < -0.4 is 0 Å². The first kappa shape index (κ1) is 25.1. The molecule has 0 aromatic rings. The van der Waals surface area contributed by atoms with E-state index in [1.807, 2.05) is 0 Å². The number of aliphatic hydroxyl groups excluding tert-OH is 1. The number of alkyl halides is 12. The van der Waals surface area contributed by atoms with E-state index in [4.69, 9.17) is 5.11 Å². The van der Waals surface area contributed by atoms with Gasteiger partial charge in [0.1, 0.15) is 0 Å². The molecule has 0 bridgehead atoms. The Hall–Kier alpha value is -0.880. The van der Waals surface area contributed by atoms with Gasteiger partial charge < -0.3 is 5.11 Å². The first-order chi connectivity index (χ1) is 11.3. The highest BCUT2D eigenvalue weighted by Crippen LogP contribution is 2.60. The van der Waals surface area contributed by atoms with Crippen molar-refractivity contribution in [3.63, 3.8) is 0 Å². The second-order valence-electron chi connectivity index (χ2n) is 5.82. The standard InChI is InChI=1S/C13H16F12O/c1-8(14,13(23,24)25)10(17,18)12(21,22)11(19,20)9(15,16)6-4-2-3-5-7-26/h26H,2-7H2,1H3. The van der Waals surface area contributed by atoms with Gasteiger partial charge in [-0.25, -0.2) is 4.39 Å². The summed E-state index contributed by atoms with van der Waals surface area (Å²) in [4.78, 5) is 0. The lowest BCUT2D eigenvalue weighted by Gasteiger charge is -2.41. The molecule has 0 heterocycles. The predicted molar refractivity (Wildman–Crippen MR) is 65.5 cm³/mol. The van der Waals surface area contributed by atoms with Crippen LogP contribution in [0.5, 0.6) is 0 Å². The fourth-order valence-electron chi connectivity index (χ4n) is 1.87. The number of unbranched alkanes of at least 4 members (excludes halogenated alkanes) is 3. The summed E-state index contributed by atoms with van der Waals surface area (Å²) in [5.41, 5.74) is -6.19. The van der Waals surface area contributed by atoms with E-state index >= 15 is 0 Å². The maximum absolute atomic E-state index is 13.4. The zero-order valence-corrected chi connectivity index (χ0v) is 13.2. The lowest BCUT2D eigenvalue weighted by molar-refractivity contribution is -0.412. The molecule has 0 spiro atoms. The minimum Gasteiger partial charge on any atom is -0.396 e. The number of hydrogen-bond acceptors (Lipinski definition) is 1. The van der Waals surface area contributed by atoms with Crippen molar-refractivity contribution in [2.75, 3.05) is 6.61 Å². The fourth-order valence-corrected chi connectivity index (χ4v) is 1.87. The summed E-state index contributed by atoms with van der Waals surface area (Å²) in [6.07, 6.45) is -9.81. The maximum atomic E-state index is 13.4. The van der Waals surface area contributed by atoms with Crippen LogP contribution in [-0.2, 0) is 0 Å². The van der Waals surface area contributed by atoms with Gasteiger partial charge in [-0.3, -0.25) is 0 Å². The van der Waals surface area contributed by atoms with E-state index in [0.717, 1.165) is 0 Å². The Kier molecular flexibility index (Phi) is 7.37. The minimum atomic E-state index is -7.34. The van der Waals surface area contributed by atoms with Gasteiger partial charge in [-0.1, -0.05) is 12.8 Å². The van der Waals surface area contributed by atoms with Crippen molar-refractivity contribution in [1.82, 2.24) is 0 Å². The highest BCUT2D eigenvalue weighted by atomic mass is 19.4. The summed E-state index contributed by atoms with van der Waals surface area (Å²) in [6.45, 7) is -1.51. The van der Waals surface area contributed by atoms with Gasteiger partial charge in [0.15, 0.2) is 0 Å². The molecule has 0 radical (unpaired) electrons. The third kappa shape index (κ3) is 4.16. The molecule has 26 heavy (non-hydrogen) atoms. The van der Waals surface area contributed by atoms with Gasteiger partial charge in [0.05, 0.1) is 0 Å². The Morgan fingerprint density at radius 1 is 0.577 bits per heavy atom. The molecule has 13 heteroatoms. The molecule has 1 atom stereocenters. The van der Waals surface area contributed by atoms with Crippen molar-refractivity contribution in [1.29, 1.82) is 0 Å². The van der Waals surface area contributed by atoms with Gasteiger partial charge in [-0.15, -0.1) is 0 Å². The number of halogens is 12. The van der Waals surface area contributed by atoms with E-state index in [2.05, 4.69) is 0 Å². The molecule has 0 aliphatic carbocycles. The topological polar surface area (TPSA) is 20.2 Å². The molecule has 0 aromatic carbocycles. The molecule has 0 fully saturated rings. The van der Waals surface area contributed by atoms with Gasteiger partial charge in [-0.2, -0.15) is 48.3 Å². The van der Waals surface area contributed by atoms with Gasteiger partial charge in [-0.05, 0) is 19.8 Å². The van der Waals surface area contributed by atoms with Gasteiger partial charge in [0, 0.05) is 13.0 Å². The summed E-state index contributed by atoms with van der Waals surface area (Å²) in [6, 6.07) is 0. The van der Waals surface area contributed by atoms with Crippen LogP contribution in [0.2, 0.25) is 0 Å². The second-order valence-corrected chi connectivity index (χ2v) is 5.82. The Bertz CT molecular complexity index is 455. The molecule has 1 nitrogen and oxygen atoms in total. The van der Waals surface area contributed by atoms with E-state index in [1.165, 1.54) is 0 Å². The molecule has 0 aromatic heterocycles. The molecule has 0 aliphatic heterocycles. The highest BCUT2D eigenvalue weighted by Gasteiger charge is 2.87. The smallest absolute Gasteiger partial charge is 0.396 e. The average molecular weight is 416 g/mol. The Morgan fingerprint density at radius 2 is 1.00 bits per heavy atom. The Labute approximate surface area is 140 Å². The van der Waals surface area contributed by atoms with Crippen LogP contribution in [0.25, 0.3) is 0 Å². The molecule has 1 N–H and O–H groups in total. The number of hydrogen-bond donors (Lipinski definition) is 1. The lowest BCUT2D eigenvalue weighted by atomic mass is 9.86. The zero-order valence-electron chi connectivity index (χ0n) is 13.2. The summed E-state index contributed by atoms with van der Waals surface area (Å²) in [7, 11) is 0. The van der Waals surface area contributed by atoms with Gasteiger partial charge >= 0.3 is 29.9 Å². The van der Waals surface area contributed by atoms with Crippen molar-refractivity contribution >= 4 is 0 Å². The summed E-state index contributed by atoms with van der Waals surface area (Å²) in [5.74, 6) is -27.3. The van der Waals surface area contributed by atoms with E-state index in [-0.39, 0.29) is 25.9 Å². The molecular formula is C13H16F12O. The normalized spacial score (nSPS) is 17.3. The van der Waals surface area contributed by atoms with Gasteiger partial charge in [0.25, 0.3) is 5.67 Å². The number of rotatable bonds is 10. The molecular weight excluding hydrogens is 400 g/mol. The van der Waals surface area contributed by atoms with Crippen LogP contribution in [0.15, 0.2) is 0 Å². The van der Waals surface area contributed by atoms with Crippen molar-refractivity contribution in [2.45, 2.75) is 74.6 Å². The fraction of sp³-hybridized carbons (Fsp3) is 1.00. The quantitative estimate of drug-likeness (QED) is 0.355. The van der Waals surface area contributed by atoms with Gasteiger partial charge in [0.2, 0.25) is 0 Å². The monoisotopic (exact) mass is 416 g/mol. The molecule has 0 amide bonds. The molecule has 0 rings (SSSR count). The summed E-state index contributed by atoms with van der Waals surface area (Å²) < 4.78 is 157. The van der Waals surface area contributed by atoms with E-state index < -0.39 is 55.3 Å². The third-order valence-corrected chi connectivity index (χ3v) is 3.77. The highest BCUT2D eigenvalue weighted by molar-refractivity contribution is 5.12. The molecule has 0 aliphatic rings. The van der Waals surface area contributed by atoms with E-state index in [1.54, 1.807) is 0 Å². The molecule has 0 saturated carbocycles. The van der Waals surface area contributed by atoms with Crippen LogP contribution >= 0.6 is 0 Å². The first-order valence-corrected chi connectivity index (χ1v) is 7.19. The SMILES string of the molecule is CC(F)(C(F)(F)F)C(F)(F)C(F)(F)C(F)(F)C(F)(F)CCCCCCO. The van der Waals surface area contributed by atoms with E-state index in [0.29, 0.717) is 0 Å². The van der Waals surface area contributed by atoms with Crippen molar-refractivity contribution in [3.05, 3.63) is 0 Å². The average Bonchev–Trinajstić information content (AvgIpc) is 2.44. The van der Waals surface area contributed by atoms with Crippen LogP contribution in [-0.4, -0.2) is 47.2 Å². The minimum absolute atomic E-state index is 0.0291. The zero-order chi connectivity index (χ0) is 21.2. The largest absolute Gasteiger partial charge is 0.428 e. The lowest BCUT2D eigenvalue weighted by Crippen LogP contribution is -2.70. The predicted octanol–water partition coefficient (Wildman–Crippen LogP) is 5.76. The molecule has 0 saturated heterocycles. The van der Waals surface area contributed by atoms with Crippen LogP contribution in [0.3, 0.4) is 0 Å². The van der Waals surface area contributed by atoms with E-state index in [9.17, 15) is 52.7 Å². The maximum Gasteiger partial charge on any atom is 0.428 e. The second kappa shape index (κ2) is 7.63. The Balaban J connectivity index is 5.64. The van der Waals surface area contributed by atoms with Crippen molar-refractivity contribution in [3.8, 4) is 0 Å². The van der Waals surface area contributed by atoms with Crippen LogP contribution in [0.1, 0.15) is 39.0 Å².